The summed E-state index contributed by atoms with van der Waals surface area (Å²) in [6.45, 7) is 5.67. The van der Waals surface area contributed by atoms with Gasteiger partial charge in [0.2, 0.25) is 10.5 Å². The Kier molecular flexibility index (Phi) is 4.95. The Balaban J connectivity index is 2.78. The van der Waals surface area contributed by atoms with Crippen molar-refractivity contribution in [3.63, 3.8) is 0 Å². The van der Waals surface area contributed by atoms with Gasteiger partial charge in [-0.25, -0.2) is 4.79 Å². The van der Waals surface area contributed by atoms with Crippen LogP contribution in [0.3, 0.4) is 0 Å². The Bertz CT molecular complexity index is 388. The minimum absolute atomic E-state index is 0.381. The van der Waals surface area contributed by atoms with Gasteiger partial charge in [-0.15, -0.1) is 0 Å². The van der Waals surface area contributed by atoms with Crippen LogP contribution in [-0.2, 0) is 15.6 Å². The van der Waals surface area contributed by atoms with E-state index in [1.807, 2.05) is 18.2 Å². The van der Waals surface area contributed by atoms with Crippen LogP contribution in [0.1, 0.15) is 12.5 Å². The van der Waals surface area contributed by atoms with Crippen LogP contribution in [0.25, 0.3) is 0 Å². The molecule has 0 fully saturated rings. The van der Waals surface area contributed by atoms with Gasteiger partial charge >= 0.3 is 5.97 Å². The number of ether oxygens (including phenoxy) is 1. The summed E-state index contributed by atoms with van der Waals surface area (Å²) in [4.78, 5) is 11.4. The molecule has 0 saturated heterocycles. The van der Waals surface area contributed by atoms with E-state index in [9.17, 15) is 4.79 Å². The highest BCUT2D eigenvalue weighted by atomic mass is 28.2. The molecule has 0 aliphatic heterocycles. The van der Waals surface area contributed by atoms with Crippen LogP contribution in [0, 0.1) is 0 Å². The SMILES string of the molecule is C=C(C)C(=O)Oc1ccccc1CCO[Si]. The zero-order valence-corrected chi connectivity index (χ0v) is 10.2. The lowest BCUT2D eigenvalue weighted by Gasteiger charge is -2.09. The zero-order valence-electron chi connectivity index (χ0n) is 9.16. The molecule has 0 bridgehead atoms. The average molecular weight is 233 g/mol. The third-order valence-corrected chi connectivity index (χ3v) is 2.20. The van der Waals surface area contributed by atoms with Crippen molar-refractivity contribution in [1.82, 2.24) is 0 Å². The maximum Gasteiger partial charge on any atom is 0.338 e. The maximum absolute atomic E-state index is 11.4. The first-order valence-corrected chi connectivity index (χ1v) is 5.30. The molecule has 0 unspecified atom stereocenters. The minimum atomic E-state index is -0.410. The zero-order chi connectivity index (χ0) is 12.0. The van der Waals surface area contributed by atoms with E-state index in [-0.39, 0.29) is 0 Å². The normalized spacial score (nSPS) is 9.88. The highest BCUT2D eigenvalue weighted by Crippen LogP contribution is 2.19. The second kappa shape index (κ2) is 6.25. The maximum atomic E-state index is 11.4. The number of carbonyl (C=O) groups is 1. The summed E-state index contributed by atoms with van der Waals surface area (Å²) >= 11 is 0. The molecular weight excluding hydrogens is 220 g/mol. The van der Waals surface area contributed by atoms with Gasteiger partial charge in [0.15, 0.2) is 0 Å². The van der Waals surface area contributed by atoms with Gasteiger partial charge in [0, 0.05) is 12.2 Å². The van der Waals surface area contributed by atoms with Gasteiger partial charge in [-0.1, -0.05) is 24.8 Å². The van der Waals surface area contributed by atoms with Crippen molar-refractivity contribution in [2.75, 3.05) is 6.61 Å². The smallest absolute Gasteiger partial charge is 0.338 e. The molecule has 0 saturated carbocycles. The number of rotatable bonds is 5. The molecule has 0 N–H and O–H groups in total. The monoisotopic (exact) mass is 233 g/mol. The molecule has 4 heteroatoms. The first-order chi connectivity index (χ1) is 7.65. The van der Waals surface area contributed by atoms with E-state index in [4.69, 9.17) is 9.16 Å². The fraction of sp³-hybridized carbons (Fsp3) is 0.250. The minimum Gasteiger partial charge on any atom is -0.423 e. The van der Waals surface area contributed by atoms with E-state index < -0.39 is 5.97 Å². The number of para-hydroxylation sites is 1. The van der Waals surface area contributed by atoms with E-state index in [2.05, 4.69) is 17.1 Å². The van der Waals surface area contributed by atoms with Crippen molar-refractivity contribution in [1.29, 1.82) is 0 Å². The Morgan fingerprint density at radius 2 is 2.12 bits per heavy atom. The fourth-order valence-corrected chi connectivity index (χ4v) is 1.26. The Morgan fingerprint density at radius 3 is 2.75 bits per heavy atom. The van der Waals surface area contributed by atoms with E-state index in [1.165, 1.54) is 0 Å². The number of esters is 1. The largest absolute Gasteiger partial charge is 0.423 e. The van der Waals surface area contributed by atoms with E-state index in [1.54, 1.807) is 13.0 Å². The molecule has 0 amide bonds. The van der Waals surface area contributed by atoms with Crippen LogP contribution >= 0.6 is 0 Å². The number of carbonyl (C=O) groups excluding carboxylic acids is 1. The molecule has 3 nitrogen and oxygen atoms in total. The summed E-state index contributed by atoms with van der Waals surface area (Å²) in [7, 11) is 2.93. The van der Waals surface area contributed by atoms with Crippen LogP contribution < -0.4 is 4.74 Å². The molecule has 0 spiro atoms. The molecule has 1 aromatic carbocycles. The number of benzene rings is 1. The van der Waals surface area contributed by atoms with Crippen molar-refractivity contribution >= 4 is 16.5 Å². The van der Waals surface area contributed by atoms with Crippen LogP contribution in [0.5, 0.6) is 5.75 Å². The molecule has 0 atom stereocenters. The van der Waals surface area contributed by atoms with E-state index in [0.717, 1.165) is 5.56 Å². The fourth-order valence-electron chi connectivity index (χ4n) is 1.16. The molecule has 0 aliphatic carbocycles. The highest BCUT2D eigenvalue weighted by Gasteiger charge is 2.08. The number of hydrogen-bond donors (Lipinski definition) is 0. The van der Waals surface area contributed by atoms with Crippen LogP contribution in [0.15, 0.2) is 36.4 Å². The molecular formula is C12H13O3Si. The predicted octanol–water partition coefficient (Wildman–Crippen LogP) is 1.81. The van der Waals surface area contributed by atoms with Crippen molar-refractivity contribution in [2.24, 2.45) is 0 Å². The van der Waals surface area contributed by atoms with Gasteiger partial charge in [0.1, 0.15) is 5.75 Å². The summed E-state index contributed by atoms with van der Waals surface area (Å²) in [6, 6.07) is 7.36. The molecule has 1 aromatic rings. The summed E-state index contributed by atoms with van der Waals surface area (Å²) in [6.07, 6.45) is 0.670. The summed E-state index contributed by atoms with van der Waals surface area (Å²) in [5.41, 5.74) is 1.31. The summed E-state index contributed by atoms with van der Waals surface area (Å²) < 4.78 is 9.99. The molecule has 3 radical (unpaired) electrons. The van der Waals surface area contributed by atoms with Gasteiger partial charge in [0.25, 0.3) is 0 Å². The van der Waals surface area contributed by atoms with Crippen molar-refractivity contribution in [3.05, 3.63) is 42.0 Å². The Morgan fingerprint density at radius 1 is 1.44 bits per heavy atom. The van der Waals surface area contributed by atoms with Gasteiger partial charge in [-0.2, -0.15) is 0 Å². The van der Waals surface area contributed by atoms with Gasteiger partial charge in [0.05, 0.1) is 0 Å². The summed E-state index contributed by atoms with van der Waals surface area (Å²) in [5, 5.41) is 0. The lowest BCUT2D eigenvalue weighted by molar-refractivity contribution is -0.130. The first kappa shape index (κ1) is 12.7. The summed E-state index contributed by atoms with van der Waals surface area (Å²) in [5.74, 6) is 0.144. The standard InChI is InChI=1S/C12H13O3Si/c1-9(2)12(13)15-11-6-4-3-5-10(11)7-8-14-16/h3-6H,1,7-8H2,2H3. The lowest BCUT2D eigenvalue weighted by atomic mass is 10.1. The molecule has 0 heterocycles. The first-order valence-electron chi connectivity index (χ1n) is 4.89. The highest BCUT2D eigenvalue weighted by molar-refractivity contribution is 5.97. The quantitative estimate of drug-likeness (QED) is 0.337. The number of hydrogen-bond acceptors (Lipinski definition) is 3. The second-order valence-corrected chi connectivity index (χ2v) is 3.66. The average Bonchev–Trinajstić information content (AvgIpc) is 2.27. The van der Waals surface area contributed by atoms with Gasteiger partial charge in [-0.05, 0) is 25.0 Å². The lowest BCUT2D eigenvalue weighted by Crippen LogP contribution is -2.10. The van der Waals surface area contributed by atoms with Crippen LogP contribution in [0.2, 0.25) is 0 Å². The van der Waals surface area contributed by atoms with E-state index in [0.29, 0.717) is 24.4 Å². The molecule has 16 heavy (non-hydrogen) atoms. The molecule has 1 rings (SSSR count). The van der Waals surface area contributed by atoms with Gasteiger partial charge in [-0.3, -0.25) is 0 Å². The Hall–Kier alpha value is -1.39. The van der Waals surface area contributed by atoms with Crippen molar-refractivity contribution < 1.29 is 14.0 Å². The van der Waals surface area contributed by atoms with Crippen LogP contribution in [0.4, 0.5) is 0 Å². The molecule has 0 aliphatic rings. The third-order valence-electron chi connectivity index (χ3n) is 2.00. The topological polar surface area (TPSA) is 35.5 Å². The third kappa shape index (κ3) is 3.64. The van der Waals surface area contributed by atoms with Gasteiger partial charge < -0.3 is 9.16 Å². The van der Waals surface area contributed by atoms with Crippen molar-refractivity contribution in [2.45, 2.75) is 13.3 Å². The molecule has 83 valence electrons. The van der Waals surface area contributed by atoms with Crippen LogP contribution in [-0.4, -0.2) is 23.1 Å². The van der Waals surface area contributed by atoms with E-state index >= 15 is 0 Å². The van der Waals surface area contributed by atoms with Crippen molar-refractivity contribution in [3.8, 4) is 5.75 Å². The predicted molar refractivity (Wildman–Crippen MR) is 62.3 cm³/mol. The molecule has 0 aromatic heterocycles. The second-order valence-electron chi connectivity index (χ2n) is 3.38. The Labute approximate surface area is 98.6 Å².